The van der Waals surface area contributed by atoms with Gasteiger partial charge in [0.2, 0.25) is 0 Å². The van der Waals surface area contributed by atoms with Crippen LogP contribution in [0.15, 0.2) is 12.4 Å². The van der Waals surface area contributed by atoms with Gasteiger partial charge in [-0.05, 0) is 19.8 Å². The molecule has 27 heavy (non-hydrogen) atoms. The van der Waals surface area contributed by atoms with Crippen molar-refractivity contribution in [2.45, 2.75) is 50.6 Å². The van der Waals surface area contributed by atoms with Crippen molar-refractivity contribution in [1.82, 2.24) is 14.9 Å². The number of hydrogen-bond donors (Lipinski definition) is 1. The number of rotatable bonds is 5. The minimum atomic E-state index is -4.49. The number of nitrogens with two attached hydrogens (primary N) is 1. The van der Waals surface area contributed by atoms with Crippen LogP contribution in [-0.4, -0.2) is 65.2 Å². The molecule has 0 spiro atoms. The van der Waals surface area contributed by atoms with Crippen molar-refractivity contribution in [3.05, 3.63) is 18.1 Å². The number of ether oxygens (including phenoxy) is 1. The van der Waals surface area contributed by atoms with Crippen molar-refractivity contribution in [3.8, 4) is 0 Å². The standard InChI is InChI=1S/C17H24F3N5O2/c1-11(21)10-27-13-4-7-25(16(13)26)12-2-5-24(6-3-12)15-9-22-14(8-23-15)17(18,19)20/h8-9,11-13H,2-7,10,21H2,1H3/t11-,13?/m0/s1. The van der Waals surface area contributed by atoms with E-state index in [2.05, 4.69) is 9.97 Å². The summed E-state index contributed by atoms with van der Waals surface area (Å²) >= 11 is 0. The van der Waals surface area contributed by atoms with E-state index >= 15 is 0 Å². The molecule has 1 aromatic heterocycles. The fraction of sp³-hybridized carbons (Fsp3) is 0.706. The van der Waals surface area contributed by atoms with Gasteiger partial charge in [-0.15, -0.1) is 0 Å². The average Bonchev–Trinajstić information content (AvgIpc) is 3.00. The number of alkyl halides is 3. The second-order valence-electron chi connectivity index (χ2n) is 7.10. The van der Waals surface area contributed by atoms with E-state index in [9.17, 15) is 18.0 Å². The molecule has 2 atom stereocenters. The normalized spacial score (nSPS) is 23.1. The van der Waals surface area contributed by atoms with Crippen molar-refractivity contribution >= 4 is 11.7 Å². The Bertz CT molecular complexity index is 645. The average molecular weight is 387 g/mol. The second-order valence-corrected chi connectivity index (χ2v) is 7.10. The van der Waals surface area contributed by atoms with E-state index in [1.807, 2.05) is 16.7 Å². The van der Waals surface area contributed by atoms with E-state index in [0.717, 1.165) is 25.2 Å². The second kappa shape index (κ2) is 7.97. The Morgan fingerprint density at radius 1 is 1.22 bits per heavy atom. The van der Waals surface area contributed by atoms with Crippen molar-refractivity contribution < 1.29 is 22.7 Å². The molecule has 2 N–H and O–H groups in total. The van der Waals surface area contributed by atoms with Gasteiger partial charge in [0, 0.05) is 38.1 Å². The lowest BCUT2D eigenvalue weighted by Gasteiger charge is -2.37. The highest BCUT2D eigenvalue weighted by Gasteiger charge is 2.38. The lowest BCUT2D eigenvalue weighted by atomic mass is 10.0. The molecule has 0 aromatic carbocycles. The molecule has 3 heterocycles. The third-order valence-corrected chi connectivity index (χ3v) is 4.91. The summed E-state index contributed by atoms with van der Waals surface area (Å²) in [5.74, 6) is 0.427. The number of anilines is 1. The number of nitrogens with zero attached hydrogens (tertiary/aromatic N) is 4. The van der Waals surface area contributed by atoms with Crippen molar-refractivity contribution in [2.24, 2.45) is 5.73 Å². The zero-order valence-corrected chi connectivity index (χ0v) is 15.2. The molecule has 2 aliphatic heterocycles. The summed E-state index contributed by atoms with van der Waals surface area (Å²) in [5.41, 5.74) is 4.67. The molecule has 1 unspecified atom stereocenters. The first-order valence-electron chi connectivity index (χ1n) is 9.07. The predicted molar refractivity (Wildman–Crippen MR) is 92.0 cm³/mol. The first-order valence-corrected chi connectivity index (χ1v) is 9.07. The van der Waals surface area contributed by atoms with Crippen LogP contribution in [0.2, 0.25) is 0 Å². The summed E-state index contributed by atoms with van der Waals surface area (Å²) in [6.07, 6.45) is -0.878. The van der Waals surface area contributed by atoms with Crippen molar-refractivity contribution in [3.63, 3.8) is 0 Å². The lowest BCUT2D eigenvalue weighted by molar-refractivity contribution is -0.141. The highest BCUT2D eigenvalue weighted by molar-refractivity contribution is 5.83. The molecular formula is C17H24F3N5O2. The van der Waals surface area contributed by atoms with Gasteiger partial charge in [0.25, 0.3) is 5.91 Å². The SMILES string of the molecule is C[C@H](N)COC1CCN(C2CCN(c3cnc(C(F)(F)F)cn3)CC2)C1=O. The van der Waals surface area contributed by atoms with Crippen LogP contribution in [0.25, 0.3) is 0 Å². The van der Waals surface area contributed by atoms with E-state index in [1.165, 1.54) is 0 Å². The Labute approximate surface area is 155 Å². The highest BCUT2D eigenvalue weighted by atomic mass is 19.4. The van der Waals surface area contributed by atoms with Gasteiger partial charge in [0.15, 0.2) is 5.69 Å². The summed E-state index contributed by atoms with van der Waals surface area (Å²) in [6, 6.07) is -0.00000934. The minimum Gasteiger partial charge on any atom is -0.367 e. The van der Waals surface area contributed by atoms with Gasteiger partial charge in [-0.2, -0.15) is 13.2 Å². The van der Waals surface area contributed by atoms with Crippen LogP contribution in [0.4, 0.5) is 19.0 Å². The van der Waals surface area contributed by atoms with E-state index in [-0.39, 0.29) is 18.0 Å². The molecule has 2 saturated heterocycles. The van der Waals surface area contributed by atoms with Gasteiger partial charge in [-0.3, -0.25) is 4.79 Å². The maximum atomic E-state index is 12.6. The largest absolute Gasteiger partial charge is 0.434 e. The maximum absolute atomic E-state index is 12.6. The van der Waals surface area contributed by atoms with Gasteiger partial charge >= 0.3 is 6.18 Å². The highest BCUT2D eigenvalue weighted by Crippen LogP contribution is 2.29. The van der Waals surface area contributed by atoms with Gasteiger partial charge in [-0.25, -0.2) is 9.97 Å². The fourth-order valence-corrected chi connectivity index (χ4v) is 3.50. The third kappa shape index (κ3) is 4.67. The molecule has 150 valence electrons. The summed E-state index contributed by atoms with van der Waals surface area (Å²) in [6.45, 7) is 4.07. The third-order valence-electron chi connectivity index (χ3n) is 4.91. The van der Waals surface area contributed by atoms with E-state index in [4.69, 9.17) is 10.5 Å². The number of piperidine rings is 1. The van der Waals surface area contributed by atoms with Gasteiger partial charge in [0.05, 0.1) is 19.0 Å². The maximum Gasteiger partial charge on any atom is 0.434 e. The lowest BCUT2D eigenvalue weighted by Crippen LogP contribution is -2.47. The molecule has 3 rings (SSSR count). The smallest absolute Gasteiger partial charge is 0.367 e. The zero-order chi connectivity index (χ0) is 19.6. The van der Waals surface area contributed by atoms with Crippen LogP contribution in [0.5, 0.6) is 0 Å². The molecule has 2 aliphatic rings. The van der Waals surface area contributed by atoms with Crippen LogP contribution in [-0.2, 0) is 15.7 Å². The first-order chi connectivity index (χ1) is 12.8. The molecular weight excluding hydrogens is 363 g/mol. The number of likely N-dealkylation sites (tertiary alicyclic amines) is 1. The molecule has 1 amide bonds. The van der Waals surface area contributed by atoms with Gasteiger partial charge in [-0.1, -0.05) is 0 Å². The number of halogens is 3. The Balaban J connectivity index is 1.52. The van der Waals surface area contributed by atoms with E-state index in [0.29, 0.717) is 38.5 Å². The zero-order valence-electron chi connectivity index (χ0n) is 15.2. The number of hydrogen-bond acceptors (Lipinski definition) is 6. The van der Waals surface area contributed by atoms with Crippen molar-refractivity contribution in [2.75, 3.05) is 31.1 Å². The molecule has 0 aliphatic carbocycles. The van der Waals surface area contributed by atoms with E-state index < -0.39 is 18.0 Å². The van der Waals surface area contributed by atoms with Crippen molar-refractivity contribution in [1.29, 1.82) is 0 Å². The Kier molecular flexibility index (Phi) is 5.85. The number of aromatic nitrogens is 2. The summed E-state index contributed by atoms with van der Waals surface area (Å²) in [4.78, 5) is 23.6. The summed E-state index contributed by atoms with van der Waals surface area (Å²) < 4.78 is 43.3. The Morgan fingerprint density at radius 2 is 1.93 bits per heavy atom. The quantitative estimate of drug-likeness (QED) is 0.823. The molecule has 2 fully saturated rings. The fourth-order valence-electron chi connectivity index (χ4n) is 3.50. The monoisotopic (exact) mass is 387 g/mol. The first kappa shape index (κ1) is 19.8. The van der Waals surface area contributed by atoms with Crippen LogP contribution in [0.3, 0.4) is 0 Å². The summed E-state index contributed by atoms with van der Waals surface area (Å²) in [5, 5.41) is 0. The van der Waals surface area contributed by atoms with Gasteiger partial charge < -0.3 is 20.3 Å². The molecule has 0 radical (unpaired) electrons. The van der Waals surface area contributed by atoms with Crippen LogP contribution >= 0.6 is 0 Å². The molecule has 1 aromatic rings. The van der Waals surface area contributed by atoms with Gasteiger partial charge in [0.1, 0.15) is 11.9 Å². The van der Waals surface area contributed by atoms with Crippen LogP contribution < -0.4 is 10.6 Å². The number of carbonyl (C=O) groups excluding carboxylic acids is 1. The molecule has 0 bridgehead atoms. The minimum absolute atomic E-state index is 0.00317. The Hall–Kier alpha value is -1.94. The topological polar surface area (TPSA) is 84.6 Å². The predicted octanol–water partition coefficient (Wildman–Crippen LogP) is 1.43. The number of amides is 1. The van der Waals surface area contributed by atoms with Crippen LogP contribution in [0.1, 0.15) is 31.9 Å². The van der Waals surface area contributed by atoms with E-state index in [1.54, 1.807) is 0 Å². The molecule has 10 heteroatoms. The molecule has 7 nitrogen and oxygen atoms in total. The Morgan fingerprint density at radius 3 is 2.48 bits per heavy atom. The molecule has 0 saturated carbocycles. The summed E-state index contributed by atoms with van der Waals surface area (Å²) in [7, 11) is 0. The van der Waals surface area contributed by atoms with Crippen LogP contribution in [0, 0.1) is 0 Å². The number of carbonyl (C=O) groups is 1.